The predicted molar refractivity (Wildman–Crippen MR) is 140 cm³/mol. The second-order valence-electron chi connectivity index (χ2n) is 9.52. The maximum atomic E-state index is 12.8. The minimum Gasteiger partial charge on any atom is -0.492 e. The first-order chi connectivity index (χ1) is 16.4. The molecule has 0 spiro atoms. The summed E-state index contributed by atoms with van der Waals surface area (Å²) in [5, 5.41) is 4.27. The lowest BCUT2D eigenvalue weighted by molar-refractivity contribution is -0.137. The quantitative estimate of drug-likeness (QED) is 0.523. The van der Waals surface area contributed by atoms with Gasteiger partial charge in [0.05, 0.1) is 32.5 Å². The van der Waals surface area contributed by atoms with Gasteiger partial charge in [-0.3, -0.25) is 4.79 Å². The van der Waals surface area contributed by atoms with Crippen molar-refractivity contribution < 1.29 is 9.53 Å². The van der Waals surface area contributed by atoms with Gasteiger partial charge in [0.15, 0.2) is 0 Å². The van der Waals surface area contributed by atoms with E-state index in [9.17, 15) is 4.79 Å². The Morgan fingerprint density at radius 1 is 1.21 bits per heavy atom. The first-order valence-corrected chi connectivity index (χ1v) is 12.8. The van der Waals surface area contributed by atoms with E-state index in [0.29, 0.717) is 18.4 Å². The highest BCUT2D eigenvalue weighted by atomic mass is 32.1. The lowest BCUT2D eigenvalue weighted by Gasteiger charge is -2.30. The highest BCUT2D eigenvalue weighted by Gasteiger charge is 2.42. The van der Waals surface area contributed by atoms with Crippen LogP contribution in [-0.2, 0) is 4.79 Å². The van der Waals surface area contributed by atoms with Crippen molar-refractivity contribution in [2.24, 2.45) is 11.8 Å². The van der Waals surface area contributed by atoms with Gasteiger partial charge in [-0.2, -0.15) is 0 Å². The summed E-state index contributed by atoms with van der Waals surface area (Å²) in [4.78, 5) is 24.3. The van der Waals surface area contributed by atoms with Crippen LogP contribution in [-0.4, -0.2) is 76.8 Å². The molecule has 2 saturated heterocycles. The van der Waals surface area contributed by atoms with Gasteiger partial charge in [-0.05, 0) is 55.8 Å². The van der Waals surface area contributed by atoms with Gasteiger partial charge in [-0.15, -0.1) is 11.3 Å². The van der Waals surface area contributed by atoms with Crippen LogP contribution in [0.5, 0.6) is 5.75 Å². The third-order valence-corrected chi connectivity index (χ3v) is 8.28. The van der Waals surface area contributed by atoms with Crippen LogP contribution in [0.15, 0.2) is 36.4 Å². The fourth-order valence-corrected chi connectivity index (χ4v) is 6.05. The smallest absolute Gasteiger partial charge is 0.227 e. The fourth-order valence-electron chi connectivity index (χ4n) is 4.98. The van der Waals surface area contributed by atoms with Crippen LogP contribution in [0.1, 0.15) is 6.42 Å². The summed E-state index contributed by atoms with van der Waals surface area (Å²) in [6.07, 6.45) is 1.08. The molecule has 0 radical (unpaired) electrons. The molecule has 2 unspecified atom stereocenters. The number of likely N-dealkylation sites (tertiary alicyclic amines) is 1. The van der Waals surface area contributed by atoms with Gasteiger partial charge in [-0.1, -0.05) is 0 Å². The van der Waals surface area contributed by atoms with E-state index in [2.05, 4.69) is 53.5 Å². The molecular formula is C26H33N5O2S. The first kappa shape index (κ1) is 22.9. The van der Waals surface area contributed by atoms with Crippen molar-refractivity contribution in [3.63, 3.8) is 0 Å². The summed E-state index contributed by atoms with van der Waals surface area (Å²) in [7, 11) is 7.98. The predicted octanol–water partition coefficient (Wildman–Crippen LogP) is 3.54. The molecule has 2 fully saturated rings. The first-order valence-electron chi connectivity index (χ1n) is 11.9. The molecule has 8 heteroatoms. The summed E-state index contributed by atoms with van der Waals surface area (Å²) < 4.78 is 6.98. The van der Waals surface area contributed by atoms with E-state index in [4.69, 9.17) is 9.72 Å². The van der Waals surface area contributed by atoms with Gasteiger partial charge >= 0.3 is 0 Å². The number of carbonyl (C=O) groups is 1. The van der Waals surface area contributed by atoms with E-state index in [1.807, 2.05) is 31.1 Å². The van der Waals surface area contributed by atoms with Gasteiger partial charge in [0, 0.05) is 52.9 Å². The van der Waals surface area contributed by atoms with Crippen LogP contribution in [0.4, 0.5) is 10.7 Å². The van der Waals surface area contributed by atoms with Crippen LogP contribution >= 0.6 is 11.3 Å². The molecule has 3 aromatic rings. The van der Waals surface area contributed by atoms with E-state index in [1.54, 1.807) is 11.3 Å². The number of fused-ring (bicyclic) bond motifs is 2. The molecule has 2 aliphatic rings. The SMILES string of the molecule is CNCCOc1ccc(-c2cc(N3CC4CCN(C)C(=O)C4C3)c3sc(N(C)C)cc3n2)cc1. The molecule has 0 saturated carbocycles. The third kappa shape index (κ3) is 4.32. The molecule has 2 atom stereocenters. The maximum absolute atomic E-state index is 12.8. The van der Waals surface area contributed by atoms with E-state index in [-0.39, 0.29) is 5.92 Å². The second-order valence-corrected chi connectivity index (χ2v) is 10.5. The number of piperidine rings is 1. The van der Waals surface area contributed by atoms with Crippen molar-refractivity contribution in [1.82, 2.24) is 15.2 Å². The van der Waals surface area contributed by atoms with Crippen molar-refractivity contribution in [2.45, 2.75) is 6.42 Å². The Bertz CT molecular complexity index is 1180. The lowest BCUT2D eigenvalue weighted by atomic mass is 9.88. The molecule has 1 aromatic carbocycles. The number of hydrogen-bond donors (Lipinski definition) is 1. The van der Waals surface area contributed by atoms with E-state index in [0.717, 1.165) is 55.1 Å². The largest absolute Gasteiger partial charge is 0.492 e. The molecule has 4 heterocycles. The van der Waals surface area contributed by atoms with Crippen molar-refractivity contribution in [1.29, 1.82) is 0 Å². The van der Waals surface area contributed by atoms with Crippen LogP contribution in [0.2, 0.25) is 0 Å². The van der Waals surface area contributed by atoms with Crippen LogP contribution < -0.4 is 19.9 Å². The standard InChI is InChI=1S/C26H33N5O2S/c1-27-10-12-33-19-7-5-17(6-8-19)21-13-23(25-22(28-21)14-24(34-25)29(2)3)31-15-18-9-11-30(4)26(32)20(18)16-31/h5-8,13-14,18,20,27H,9-12,15-16H2,1-4H3. The number of rotatable bonds is 7. The highest BCUT2D eigenvalue weighted by Crippen LogP contribution is 2.43. The van der Waals surface area contributed by atoms with Crippen LogP contribution in [0.3, 0.4) is 0 Å². The molecule has 2 aliphatic heterocycles. The van der Waals surface area contributed by atoms with E-state index >= 15 is 0 Å². The Balaban J connectivity index is 1.50. The zero-order chi connectivity index (χ0) is 23.8. The summed E-state index contributed by atoms with van der Waals surface area (Å²) in [5.74, 6) is 1.67. The van der Waals surface area contributed by atoms with E-state index < -0.39 is 0 Å². The number of nitrogens with zero attached hydrogens (tertiary/aromatic N) is 4. The average molecular weight is 480 g/mol. The number of benzene rings is 1. The number of hydrogen-bond acceptors (Lipinski definition) is 7. The lowest BCUT2D eigenvalue weighted by Crippen LogP contribution is -2.42. The van der Waals surface area contributed by atoms with Crippen molar-refractivity contribution in [2.75, 3.05) is 70.8 Å². The number of ether oxygens (including phenoxy) is 1. The van der Waals surface area contributed by atoms with Gasteiger partial charge in [0.1, 0.15) is 12.4 Å². The molecule has 7 nitrogen and oxygen atoms in total. The maximum Gasteiger partial charge on any atom is 0.227 e. The number of likely N-dealkylation sites (N-methyl/N-ethyl adjacent to an activating group) is 1. The molecule has 1 amide bonds. The van der Waals surface area contributed by atoms with Crippen molar-refractivity contribution >= 4 is 38.1 Å². The molecule has 180 valence electrons. The minimum absolute atomic E-state index is 0.0905. The molecule has 34 heavy (non-hydrogen) atoms. The molecule has 2 aromatic heterocycles. The fraction of sp³-hybridized carbons (Fsp3) is 0.462. The number of amides is 1. The Kier molecular flexibility index (Phi) is 6.36. The number of aromatic nitrogens is 1. The van der Waals surface area contributed by atoms with Crippen LogP contribution in [0.25, 0.3) is 21.5 Å². The van der Waals surface area contributed by atoms with Crippen molar-refractivity contribution in [3.05, 3.63) is 36.4 Å². The summed E-state index contributed by atoms with van der Waals surface area (Å²) in [6, 6.07) is 12.6. The van der Waals surface area contributed by atoms with Gasteiger partial charge in [-0.25, -0.2) is 4.98 Å². The van der Waals surface area contributed by atoms with E-state index in [1.165, 1.54) is 15.4 Å². The number of carbonyl (C=O) groups excluding carboxylic acids is 1. The molecule has 0 aliphatic carbocycles. The Hall–Kier alpha value is -2.84. The number of anilines is 2. The molecular weight excluding hydrogens is 446 g/mol. The topological polar surface area (TPSA) is 60.9 Å². The zero-order valence-corrected chi connectivity index (χ0v) is 21.2. The zero-order valence-electron chi connectivity index (χ0n) is 20.4. The molecule has 0 bridgehead atoms. The summed E-state index contributed by atoms with van der Waals surface area (Å²) in [6.45, 7) is 4.01. The highest BCUT2D eigenvalue weighted by molar-refractivity contribution is 7.23. The second kappa shape index (κ2) is 9.43. The van der Waals surface area contributed by atoms with Crippen LogP contribution in [0, 0.1) is 11.8 Å². The Morgan fingerprint density at radius 2 is 2.00 bits per heavy atom. The van der Waals surface area contributed by atoms with Gasteiger partial charge in [0.2, 0.25) is 5.91 Å². The molecule has 5 rings (SSSR count). The molecule has 1 N–H and O–H groups in total. The Labute approximate surface area is 205 Å². The number of thiophene rings is 1. The summed E-state index contributed by atoms with van der Waals surface area (Å²) >= 11 is 1.77. The number of nitrogens with one attached hydrogen (secondary N) is 1. The monoisotopic (exact) mass is 479 g/mol. The third-order valence-electron chi connectivity index (χ3n) is 6.97. The van der Waals surface area contributed by atoms with Gasteiger partial charge < -0.3 is 24.8 Å². The normalized spacial score (nSPS) is 20.2. The average Bonchev–Trinajstić information content (AvgIpc) is 3.46. The van der Waals surface area contributed by atoms with Gasteiger partial charge in [0.25, 0.3) is 0 Å². The number of pyridine rings is 1. The summed E-state index contributed by atoms with van der Waals surface area (Å²) in [5.41, 5.74) is 4.21. The Morgan fingerprint density at radius 3 is 2.74 bits per heavy atom. The minimum atomic E-state index is 0.0905. The van der Waals surface area contributed by atoms with Crippen molar-refractivity contribution in [3.8, 4) is 17.0 Å².